The summed E-state index contributed by atoms with van der Waals surface area (Å²) in [4.78, 5) is 0. The summed E-state index contributed by atoms with van der Waals surface area (Å²) >= 11 is 0. The van der Waals surface area contributed by atoms with Crippen LogP contribution in [0.25, 0.3) is 0 Å². The number of aliphatic hydroxyl groups is 1. The molecule has 1 heterocycles. The Morgan fingerprint density at radius 2 is 2.08 bits per heavy atom. The van der Waals surface area contributed by atoms with E-state index in [1.54, 1.807) is 0 Å². The first kappa shape index (κ1) is 9.96. The Labute approximate surface area is 73.9 Å². The van der Waals surface area contributed by atoms with Gasteiger partial charge in [0.05, 0.1) is 0 Å². The zero-order chi connectivity index (χ0) is 8.81. The molecule has 1 fully saturated rings. The van der Waals surface area contributed by atoms with Crippen LogP contribution in [-0.4, -0.2) is 31.5 Å². The zero-order valence-electron chi connectivity index (χ0n) is 7.54. The molecule has 0 bridgehead atoms. The Morgan fingerprint density at radius 3 is 2.58 bits per heavy atom. The fourth-order valence-electron chi connectivity index (χ4n) is 1.88. The predicted octanol–water partition coefficient (Wildman–Crippen LogP) is 0.370. The maximum Gasteiger partial charge on any atom is 0.0468 e. The second-order valence-electron chi connectivity index (χ2n) is 3.47. The fourth-order valence-corrected chi connectivity index (χ4v) is 1.88. The van der Waals surface area contributed by atoms with Crippen LogP contribution in [0.2, 0.25) is 0 Å². The molecule has 0 aromatic heterocycles. The van der Waals surface area contributed by atoms with Crippen LogP contribution in [0.1, 0.15) is 19.3 Å². The highest BCUT2D eigenvalue weighted by Gasteiger charge is 2.22. The predicted molar refractivity (Wildman–Crippen MR) is 47.8 cm³/mol. The highest BCUT2D eigenvalue weighted by molar-refractivity contribution is 4.72. The summed E-state index contributed by atoms with van der Waals surface area (Å²) in [6.07, 6.45) is 3.12. The van der Waals surface area contributed by atoms with Crippen molar-refractivity contribution in [3.63, 3.8) is 0 Å². The Kier molecular flexibility index (Phi) is 4.58. The van der Waals surface area contributed by atoms with E-state index in [-0.39, 0.29) is 6.61 Å². The summed E-state index contributed by atoms with van der Waals surface area (Å²) in [6.45, 7) is 2.67. The maximum atomic E-state index is 9.11. The average molecular weight is 173 g/mol. The van der Waals surface area contributed by atoms with Gasteiger partial charge in [0.25, 0.3) is 0 Å². The third-order valence-corrected chi connectivity index (χ3v) is 2.70. The normalized spacial score (nSPS) is 22.5. The van der Waals surface area contributed by atoms with Gasteiger partial charge in [-0.25, -0.2) is 0 Å². The summed E-state index contributed by atoms with van der Waals surface area (Å²) in [6, 6.07) is 0. The molecule has 12 heavy (non-hydrogen) atoms. The van der Waals surface area contributed by atoms with Crippen LogP contribution in [0.15, 0.2) is 0 Å². The van der Waals surface area contributed by atoms with E-state index in [9.17, 15) is 0 Å². The molecule has 1 unspecified atom stereocenters. The van der Waals surface area contributed by atoms with Crippen molar-refractivity contribution in [2.75, 3.05) is 26.4 Å². The smallest absolute Gasteiger partial charge is 0.0468 e. The van der Waals surface area contributed by atoms with Crippen molar-refractivity contribution in [2.45, 2.75) is 19.3 Å². The Bertz CT molecular complexity index is 110. The van der Waals surface area contributed by atoms with Crippen LogP contribution in [0.4, 0.5) is 0 Å². The highest BCUT2D eigenvalue weighted by atomic mass is 16.5. The number of nitrogens with two attached hydrogens (primary N) is 1. The third kappa shape index (κ3) is 2.73. The summed E-state index contributed by atoms with van der Waals surface area (Å²) in [5.74, 6) is 1.03. The van der Waals surface area contributed by atoms with Gasteiger partial charge in [0.2, 0.25) is 0 Å². The minimum Gasteiger partial charge on any atom is -0.396 e. The van der Waals surface area contributed by atoms with Crippen molar-refractivity contribution in [3.8, 4) is 0 Å². The highest BCUT2D eigenvalue weighted by Crippen LogP contribution is 2.25. The van der Waals surface area contributed by atoms with E-state index in [1.165, 1.54) is 0 Å². The van der Waals surface area contributed by atoms with Crippen molar-refractivity contribution < 1.29 is 9.84 Å². The lowest BCUT2D eigenvalue weighted by Gasteiger charge is -2.28. The van der Waals surface area contributed by atoms with E-state index in [0.29, 0.717) is 18.4 Å². The van der Waals surface area contributed by atoms with Gasteiger partial charge in [-0.1, -0.05) is 0 Å². The molecule has 1 atom stereocenters. The molecule has 0 radical (unpaired) electrons. The number of aliphatic hydroxyl groups excluding tert-OH is 1. The Balaban J connectivity index is 2.29. The van der Waals surface area contributed by atoms with E-state index in [0.717, 1.165) is 32.5 Å². The monoisotopic (exact) mass is 173 g/mol. The first-order chi connectivity index (χ1) is 5.88. The van der Waals surface area contributed by atoms with Gasteiger partial charge in [-0.2, -0.15) is 0 Å². The number of hydrogen-bond acceptors (Lipinski definition) is 3. The maximum absolute atomic E-state index is 9.11. The number of hydrogen-bond donors (Lipinski definition) is 2. The first-order valence-corrected chi connectivity index (χ1v) is 4.77. The second kappa shape index (κ2) is 5.51. The van der Waals surface area contributed by atoms with Crippen LogP contribution in [-0.2, 0) is 4.74 Å². The minimum atomic E-state index is 0.280. The molecule has 1 aliphatic rings. The molecule has 1 aliphatic heterocycles. The molecule has 0 amide bonds. The van der Waals surface area contributed by atoms with Gasteiger partial charge in [-0.3, -0.25) is 0 Å². The number of ether oxygens (including phenoxy) is 1. The van der Waals surface area contributed by atoms with E-state index in [1.807, 2.05) is 0 Å². The van der Waals surface area contributed by atoms with E-state index >= 15 is 0 Å². The van der Waals surface area contributed by atoms with Gasteiger partial charge in [0, 0.05) is 19.8 Å². The minimum absolute atomic E-state index is 0.280. The molecule has 0 spiro atoms. The van der Waals surface area contributed by atoms with Crippen LogP contribution < -0.4 is 5.73 Å². The van der Waals surface area contributed by atoms with Gasteiger partial charge < -0.3 is 15.6 Å². The molecule has 0 aromatic carbocycles. The van der Waals surface area contributed by atoms with Crippen molar-refractivity contribution in [1.82, 2.24) is 0 Å². The SMILES string of the molecule is NCCC(CO)C1CCOCC1. The molecule has 3 heteroatoms. The Morgan fingerprint density at radius 1 is 1.42 bits per heavy atom. The van der Waals surface area contributed by atoms with Crippen molar-refractivity contribution in [2.24, 2.45) is 17.6 Å². The van der Waals surface area contributed by atoms with Gasteiger partial charge in [0.15, 0.2) is 0 Å². The van der Waals surface area contributed by atoms with Crippen LogP contribution in [0.5, 0.6) is 0 Å². The molecule has 3 nitrogen and oxygen atoms in total. The van der Waals surface area contributed by atoms with Crippen LogP contribution in [0, 0.1) is 11.8 Å². The van der Waals surface area contributed by atoms with Gasteiger partial charge in [-0.15, -0.1) is 0 Å². The van der Waals surface area contributed by atoms with E-state index in [4.69, 9.17) is 15.6 Å². The average Bonchev–Trinajstić information content (AvgIpc) is 2.15. The van der Waals surface area contributed by atoms with Crippen molar-refractivity contribution in [3.05, 3.63) is 0 Å². The van der Waals surface area contributed by atoms with Gasteiger partial charge >= 0.3 is 0 Å². The lowest BCUT2D eigenvalue weighted by atomic mass is 9.84. The third-order valence-electron chi connectivity index (χ3n) is 2.70. The van der Waals surface area contributed by atoms with Crippen LogP contribution >= 0.6 is 0 Å². The van der Waals surface area contributed by atoms with Crippen molar-refractivity contribution >= 4 is 0 Å². The molecule has 0 aliphatic carbocycles. The van der Waals surface area contributed by atoms with E-state index < -0.39 is 0 Å². The van der Waals surface area contributed by atoms with Gasteiger partial charge in [0.1, 0.15) is 0 Å². The largest absolute Gasteiger partial charge is 0.396 e. The lowest BCUT2D eigenvalue weighted by Crippen LogP contribution is -2.27. The molecular weight excluding hydrogens is 154 g/mol. The molecule has 0 saturated carbocycles. The molecule has 0 aromatic rings. The molecule has 1 saturated heterocycles. The molecule has 1 rings (SSSR count). The second-order valence-corrected chi connectivity index (χ2v) is 3.47. The summed E-state index contributed by atoms with van der Waals surface area (Å²) < 4.78 is 5.26. The molecule has 72 valence electrons. The standard InChI is InChI=1S/C9H19NO2/c10-4-1-9(7-11)8-2-5-12-6-3-8/h8-9,11H,1-7,10H2. The quantitative estimate of drug-likeness (QED) is 0.646. The summed E-state index contributed by atoms with van der Waals surface area (Å²) in [5.41, 5.74) is 5.47. The van der Waals surface area contributed by atoms with E-state index in [2.05, 4.69) is 0 Å². The summed E-state index contributed by atoms with van der Waals surface area (Å²) in [7, 11) is 0. The first-order valence-electron chi connectivity index (χ1n) is 4.77. The van der Waals surface area contributed by atoms with Gasteiger partial charge in [-0.05, 0) is 37.6 Å². The Hall–Kier alpha value is -0.120. The topological polar surface area (TPSA) is 55.5 Å². The molecule has 3 N–H and O–H groups in total. The lowest BCUT2D eigenvalue weighted by molar-refractivity contribution is 0.0318. The fraction of sp³-hybridized carbons (Fsp3) is 1.00. The number of rotatable bonds is 4. The summed E-state index contributed by atoms with van der Waals surface area (Å²) in [5, 5.41) is 9.11. The zero-order valence-corrected chi connectivity index (χ0v) is 7.54. The van der Waals surface area contributed by atoms with Crippen molar-refractivity contribution in [1.29, 1.82) is 0 Å². The molecular formula is C9H19NO2. The van der Waals surface area contributed by atoms with Crippen LogP contribution in [0.3, 0.4) is 0 Å².